The van der Waals surface area contributed by atoms with Crippen LogP contribution in [0.25, 0.3) is 0 Å². The molecule has 1 aromatic rings. The molecule has 1 saturated heterocycles. The Bertz CT molecular complexity index is 814. The maximum absolute atomic E-state index is 13.7. The number of likely N-dealkylation sites (tertiary alicyclic amines) is 1. The number of benzene rings is 1. The Kier molecular flexibility index (Phi) is 9.93. The molecule has 0 spiro atoms. The molecule has 3 rings (SSSR count). The molecule has 2 aliphatic rings. The summed E-state index contributed by atoms with van der Waals surface area (Å²) < 4.78 is 10.8. The van der Waals surface area contributed by atoms with Gasteiger partial charge in [-0.1, -0.05) is 56.5 Å². The first kappa shape index (κ1) is 26.2. The van der Waals surface area contributed by atoms with Crippen LogP contribution in [0.1, 0.15) is 77.7 Å². The number of rotatable bonds is 11. The van der Waals surface area contributed by atoms with Crippen molar-refractivity contribution in [2.45, 2.75) is 103 Å². The third-order valence-corrected chi connectivity index (χ3v) is 7.05. The number of hydrogen-bond donors (Lipinski definition) is 1. The van der Waals surface area contributed by atoms with Crippen LogP contribution in [0, 0.1) is 5.92 Å². The van der Waals surface area contributed by atoms with Gasteiger partial charge in [0.1, 0.15) is 12.6 Å². The quantitative estimate of drug-likeness (QED) is 0.490. The van der Waals surface area contributed by atoms with Crippen LogP contribution in [-0.4, -0.2) is 53.5 Å². The van der Waals surface area contributed by atoms with Crippen molar-refractivity contribution in [1.82, 2.24) is 10.2 Å². The number of carbonyl (C=O) groups excluding carboxylic acids is 3. The molecule has 1 aliphatic carbocycles. The van der Waals surface area contributed by atoms with E-state index in [0.717, 1.165) is 44.1 Å². The smallest absolute Gasteiger partial charge is 0.329 e. The zero-order valence-electron chi connectivity index (χ0n) is 20.8. The highest BCUT2D eigenvalue weighted by molar-refractivity contribution is 5.88. The van der Waals surface area contributed by atoms with Gasteiger partial charge in [-0.25, -0.2) is 4.79 Å². The van der Waals surface area contributed by atoms with Crippen molar-refractivity contribution in [3.05, 3.63) is 35.9 Å². The summed E-state index contributed by atoms with van der Waals surface area (Å²) in [5.41, 5.74) is 0.931. The van der Waals surface area contributed by atoms with E-state index >= 15 is 0 Å². The van der Waals surface area contributed by atoms with Crippen LogP contribution in [-0.2, 0) is 30.5 Å². The molecular formula is C27H40N2O5. The van der Waals surface area contributed by atoms with Crippen molar-refractivity contribution in [2.24, 2.45) is 5.92 Å². The topological polar surface area (TPSA) is 84.9 Å². The Labute approximate surface area is 203 Å². The van der Waals surface area contributed by atoms with Gasteiger partial charge in [-0.3, -0.25) is 9.59 Å². The van der Waals surface area contributed by atoms with Gasteiger partial charge >= 0.3 is 11.9 Å². The second-order valence-corrected chi connectivity index (χ2v) is 9.59. The Balaban J connectivity index is 1.69. The van der Waals surface area contributed by atoms with E-state index in [2.05, 4.69) is 12.2 Å². The van der Waals surface area contributed by atoms with Gasteiger partial charge < -0.3 is 19.7 Å². The molecule has 1 amide bonds. The summed E-state index contributed by atoms with van der Waals surface area (Å²) in [6.45, 7) is 6.23. The Morgan fingerprint density at radius 1 is 1.09 bits per heavy atom. The summed E-state index contributed by atoms with van der Waals surface area (Å²) in [6.07, 6.45) is 6.73. The number of ether oxygens (including phenoxy) is 2. The fraction of sp³-hybridized carbons (Fsp3) is 0.667. The average Bonchev–Trinajstić information content (AvgIpc) is 3.22. The van der Waals surface area contributed by atoms with Crippen LogP contribution in [0.3, 0.4) is 0 Å². The van der Waals surface area contributed by atoms with Crippen molar-refractivity contribution in [3.63, 3.8) is 0 Å². The van der Waals surface area contributed by atoms with Gasteiger partial charge in [0.2, 0.25) is 5.91 Å². The van der Waals surface area contributed by atoms with Crippen molar-refractivity contribution in [3.8, 4) is 0 Å². The molecule has 2 fully saturated rings. The minimum absolute atomic E-state index is 0.0782. The summed E-state index contributed by atoms with van der Waals surface area (Å²) >= 11 is 0. The standard InChI is InChI=1S/C27H40N2O5/c1-4-11-22(17-25(30)33-5-2)28-19(3)26(31)29-23-15-10-9-14-21(23)16-24(29)27(32)34-18-20-12-7-6-8-13-20/h6-8,12-13,19,21-24,28H,4-5,9-11,14-18H2,1-3H3/t19-,21?,22-,23?,24-/m0/s1. The fourth-order valence-electron chi connectivity index (χ4n) is 5.47. The molecule has 5 atom stereocenters. The van der Waals surface area contributed by atoms with Crippen LogP contribution >= 0.6 is 0 Å². The molecule has 1 aliphatic heterocycles. The van der Waals surface area contributed by atoms with Gasteiger partial charge in [-0.05, 0) is 51.0 Å². The summed E-state index contributed by atoms with van der Waals surface area (Å²) in [4.78, 5) is 40.7. The number of nitrogens with zero attached hydrogens (tertiary/aromatic N) is 1. The van der Waals surface area contributed by atoms with E-state index in [9.17, 15) is 14.4 Å². The highest BCUT2D eigenvalue weighted by Gasteiger charge is 2.49. The zero-order chi connectivity index (χ0) is 24.5. The number of hydrogen-bond acceptors (Lipinski definition) is 6. The summed E-state index contributed by atoms with van der Waals surface area (Å²) in [5, 5.41) is 3.35. The lowest BCUT2D eigenvalue weighted by Crippen LogP contribution is -2.54. The highest BCUT2D eigenvalue weighted by Crippen LogP contribution is 2.40. The number of amides is 1. The second-order valence-electron chi connectivity index (χ2n) is 9.59. The lowest BCUT2D eigenvalue weighted by Gasteiger charge is -2.36. The molecule has 188 valence electrons. The number of fused-ring (bicyclic) bond motifs is 1. The maximum atomic E-state index is 13.7. The lowest BCUT2D eigenvalue weighted by atomic mass is 9.84. The molecule has 1 saturated carbocycles. The summed E-state index contributed by atoms with van der Waals surface area (Å²) in [6, 6.07) is 8.49. The van der Waals surface area contributed by atoms with Gasteiger partial charge in [-0.15, -0.1) is 0 Å². The molecular weight excluding hydrogens is 432 g/mol. The van der Waals surface area contributed by atoms with Crippen LogP contribution in [0.4, 0.5) is 0 Å². The SMILES string of the molecule is CCC[C@@H](CC(=O)OCC)N[C@@H](C)C(=O)N1C2CCCCC2C[C@H]1C(=O)OCc1ccccc1. The molecule has 1 N–H and O–H groups in total. The van der Waals surface area contributed by atoms with E-state index < -0.39 is 12.1 Å². The summed E-state index contributed by atoms with van der Waals surface area (Å²) in [5.74, 6) is -0.328. The lowest BCUT2D eigenvalue weighted by molar-refractivity contribution is -0.156. The first-order valence-electron chi connectivity index (χ1n) is 12.9. The van der Waals surface area contributed by atoms with Gasteiger partial charge in [0.05, 0.1) is 19.1 Å². The molecule has 0 bridgehead atoms. The fourth-order valence-corrected chi connectivity index (χ4v) is 5.47. The van der Waals surface area contributed by atoms with E-state index in [0.29, 0.717) is 18.9 Å². The van der Waals surface area contributed by atoms with Crippen LogP contribution in [0.5, 0.6) is 0 Å². The zero-order valence-corrected chi connectivity index (χ0v) is 20.8. The van der Waals surface area contributed by atoms with Crippen molar-refractivity contribution >= 4 is 17.8 Å². The molecule has 0 radical (unpaired) electrons. The van der Waals surface area contributed by atoms with E-state index in [1.807, 2.05) is 42.2 Å². The maximum Gasteiger partial charge on any atom is 0.329 e. The Morgan fingerprint density at radius 2 is 1.82 bits per heavy atom. The summed E-state index contributed by atoms with van der Waals surface area (Å²) in [7, 11) is 0. The van der Waals surface area contributed by atoms with E-state index in [4.69, 9.17) is 9.47 Å². The monoisotopic (exact) mass is 472 g/mol. The van der Waals surface area contributed by atoms with Gasteiger partial charge in [-0.2, -0.15) is 0 Å². The predicted molar refractivity (Wildman–Crippen MR) is 130 cm³/mol. The van der Waals surface area contributed by atoms with Crippen molar-refractivity contribution in [1.29, 1.82) is 0 Å². The molecule has 1 aromatic carbocycles. The van der Waals surface area contributed by atoms with Gasteiger partial charge in [0.25, 0.3) is 0 Å². The predicted octanol–water partition coefficient (Wildman–Crippen LogP) is 3.99. The highest BCUT2D eigenvalue weighted by atomic mass is 16.5. The number of nitrogens with one attached hydrogen (secondary N) is 1. The third-order valence-electron chi connectivity index (χ3n) is 7.05. The molecule has 34 heavy (non-hydrogen) atoms. The van der Waals surface area contributed by atoms with Gasteiger partial charge in [0, 0.05) is 12.1 Å². The number of carbonyl (C=O) groups is 3. The van der Waals surface area contributed by atoms with Crippen molar-refractivity contribution in [2.75, 3.05) is 6.61 Å². The first-order chi connectivity index (χ1) is 16.4. The van der Waals surface area contributed by atoms with E-state index in [-0.39, 0.29) is 43.0 Å². The van der Waals surface area contributed by atoms with Crippen LogP contribution < -0.4 is 5.32 Å². The second kappa shape index (κ2) is 12.9. The van der Waals surface area contributed by atoms with Crippen LogP contribution in [0.2, 0.25) is 0 Å². The minimum Gasteiger partial charge on any atom is -0.466 e. The minimum atomic E-state index is -0.553. The normalized spacial score (nSPS) is 23.6. The molecule has 7 heteroatoms. The molecule has 1 heterocycles. The van der Waals surface area contributed by atoms with E-state index in [1.54, 1.807) is 6.92 Å². The Morgan fingerprint density at radius 3 is 2.53 bits per heavy atom. The first-order valence-corrected chi connectivity index (χ1v) is 12.9. The molecule has 7 nitrogen and oxygen atoms in total. The van der Waals surface area contributed by atoms with Gasteiger partial charge in [0.15, 0.2) is 0 Å². The third kappa shape index (κ3) is 6.81. The van der Waals surface area contributed by atoms with Crippen LogP contribution in [0.15, 0.2) is 30.3 Å². The Hall–Kier alpha value is -2.41. The number of esters is 2. The molecule has 0 aromatic heterocycles. The van der Waals surface area contributed by atoms with E-state index in [1.165, 1.54) is 0 Å². The average molecular weight is 473 g/mol. The molecule has 2 unspecified atom stereocenters. The van der Waals surface area contributed by atoms with Crippen molar-refractivity contribution < 1.29 is 23.9 Å². The largest absolute Gasteiger partial charge is 0.466 e.